The molecule has 0 bridgehead atoms. The summed E-state index contributed by atoms with van der Waals surface area (Å²) in [7, 11) is 0. The van der Waals surface area contributed by atoms with E-state index in [1.165, 1.54) is 0 Å². The fraction of sp³-hybridized carbons (Fsp3) is 0.368. The van der Waals surface area contributed by atoms with E-state index in [1.54, 1.807) is 12.3 Å². The van der Waals surface area contributed by atoms with Crippen LogP contribution in [-0.2, 0) is 16.1 Å². The van der Waals surface area contributed by atoms with E-state index < -0.39 is 5.92 Å². The number of carbonyl (C=O) groups is 2. The van der Waals surface area contributed by atoms with E-state index in [0.717, 1.165) is 5.56 Å². The Morgan fingerprint density at radius 2 is 2.00 bits per heavy atom. The number of ether oxygens (including phenoxy) is 2. The molecule has 0 aliphatic carbocycles. The van der Waals surface area contributed by atoms with Crippen LogP contribution in [0, 0.1) is 5.92 Å². The lowest BCUT2D eigenvalue weighted by Gasteiger charge is -2.27. The van der Waals surface area contributed by atoms with Gasteiger partial charge in [-0.1, -0.05) is 6.07 Å². The average molecular weight is 356 g/mol. The Morgan fingerprint density at radius 1 is 1.15 bits per heavy atom. The summed E-state index contributed by atoms with van der Waals surface area (Å²) in [6, 6.07) is 9.00. The first-order valence-electron chi connectivity index (χ1n) is 8.71. The van der Waals surface area contributed by atoms with Crippen LogP contribution in [0.4, 0.5) is 0 Å². The summed E-state index contributed by atoms with van der Waals surface area (Å²) < 4.78 is 16.4. The number of carbonyl (C=O) groups excluding carboxylic acids is 2. The van der Waals surface area contributed by atoms with Crippen molar-refractivity contribution in [3.05, 3.63) is 47.9 Å². The van der Waals surface area contributed by atoms with Gasteiger partial charge in [-0.05, 0) is 42.7 Å². The van der Waals surface area contributed by atoms with Crippen molar-refractivity contribution in [2.45, 2.75) is 25.4 Å². The van der Waals surface area contributed by atoms with Crippen LogP contribution in [0.3, 0.4) is 0 Å². The highest BCUT2D eigenvalue weighted by Gasteiger charge is 2.34. The number of benzene rings is 1. The minimum Gasteiger partial charge on any atom is -0.486 e. The number of nitrogens with one attached hydrogen (secondary N) is 2. The molecular weight excluding hydrogens is 336 g/mol. The third-order valence-corrected chi connectivity index (χ3v) is 4.65. The Morgan fingerprint density at radius 3 is 2.77 bits per heavy atom. The molecule has 1 aromatic heterocycles. The quantitative estimate of drug-likeness (QED) is 0.817. The first kappa shape index (κ1) is 16.5. The largest absolute Gasteiger partial charge is 0.486 e. The third-order valence-electron chi connectivity index (χ3n) is 4.65. The molecule has 4 rings (SSSR count). The monoisotopic (exact) mass is 356 g/mol. The van der Waals surface area contributed by atoms with Gasteiger partial charge in [-0.25, -0.2) is 0 Å². The number of piperidine rings is 1. The van der Waals surface area contributed by atoms with E-state index in [-0.39, 0.29) is 17.9 Å². The Kier molecular flexibility index (Phi) is 4.51. The molecule has 0 saturated carbocycles. The van der Waals surface area contributed by atoms with E-state index in [9.17, 15) is 9.59 Å². The van der Waals surface area contributed by atoms with Gasteiger partial charge in [0.2, 0.25) is 11.8 Å². The Bertz CT molecular complexity index is 802. The van der Waals surface area contributed by atoms with Gasteiger partial charge >= 0.3 is 0 Å². The molecule has 2 amide bonds. The fourth-order valence-corrected chi connectivity index (χ4v) is 3.27. The molecule has 1 aromatic carbocycles. The molecule has 136 valence electrons. The molecule has 7 nitrogen and oxygen atoms in total. The van der Waals surface area contributed by atoms with Gasteiger partial charge in [0.25, 0.3) is 0 Å². The van der Waals surface area contributed by atoms with Crippen molar-refractivity contribution < 1.29 is 23.5 Å². The van der Waals surface area contributed by atoms with E-state index >= 15 is 0 Å². The summed E-state index contributed by atoms with van der Waals surface area (Å²) >= 11 is 0. The Balaban J connectivity index is 1.33. The molecule has 0 radical (unpaired) electrons. The maximum atomic E-state index is 12.4. The van der Waals surface area contributed by atoms with Crippen LogP contribution in [0.15, 0.2) is 41.0 Å². The van der Waals surface area contributed by atoms with Gasteiger partial charge in [0.1, 0.15) is 24.9 Å². The SMILES string of the molecule is O=C(NCc1ccc2c(c1)OCCO2)C1CCC(c2ccco2)NC1=O. The molecule has 7 heteroatoms. The number of amides is 2. The average Bonchev–Trinajstić information content (AvgIpc) is 3.20. The Labute approximate surface area is 150 Å². The van der Waals surface area contributed by atoms with Crippen LogP contribution in [0.5, 0.6) is 11.5 Å². The maximum absolute atomic E-state index is 12.4. The third kappa shape index (κ3) is 3.37. The van der Waals surface area contributed by atoms with Crippen LogP contribution < -0.4 is 20.1 Å². The molecule has 26 heavy (non-hydrogen) atoms. The zero-order valence-electron chi connectivity index (χ0n) is 14.2. The van der Waals surface area contributed by atoms with E-state index in [0.29, 0.717) is 49.9 Å². The fourth-order valence-electron chi connectivity index (χ4n) is 3.27. The molecule has 1 fully saturated rings. The highest BCUT2D eigenvalue weighted by atomic mass is 16.6. The maximum Gasteiger partial charge on any atom is 0.233 e. The summed E-state index contributed by atoms with van der Waals surface area (Å²) in [5, 5.41) is 5.69. The van der Waals surface area contributed by atoms with Gasteiger partial charge < -0.3 is 24.5 Å². The van der Waals surface area contributed by atoms with E-state index in [2.05, 4.69) is 10.6 Å². The van der Waals surface area contributed by atoms with Crippen LogP contribution in [0.1, 0.15) is 30.2 Å². The lowest BCUT2D eigenvalue weighted by molar-refractivity contribution is -0.138. The number of hydrogen-bond donors (Lipinski definition) is 2. The minimum absolute atomic E-state index is 0.167. The van der Waals surface area contributed by atoms with E-state index in [4.69, 9.17) is 13.9 Å². The van der Waals surface area contributed by atoms with Crippen molar-refractivity contribution in [1.29, 1.82) is 0 Å². The van der Waals surface area contributed by atoms with Crippen molar-refractivity contribution in [3.63, 3.8) is 0 Å². The first-order chi connectivity index (χ1) is 12.7. The van der Waals surface area contributed by atoms with Gasteiger partial charge in [-0.3, -0.25) is 9.59 Å². The first-order valence-corrected chi connectivity index (χ1v) is 8.71. The second kappa shape index (κ2) is 7.11. The topological polar surface area (TPSA) is 89.8 Å². The highest BCUT2D eigenvalue weighted by Crippen LogP contribution is 2.31. The Hall–Kier alpha value is -2.96. The molecule has 3 heterocycles. The molecule has 2 unspecified atom stereocenters. The second-order valence-electron chi connectivity index (χ2n) is 6.40. The zero-order valence-corrected chi connectivity index (χ0v) is 14.2. The highest BCUT2D eigenvalue weighted by molar-refractivity contribution is 6.00. The lowest BCUT2D eigenvalue weighted by Crippen LogP contribution is -2.46. The number of hydrogen-bond acceptors (Lipinski definition) is 5. The normalized spacial score (nSPS) is 21.8. The van der Waals surface area contributed by atoms with Crippen molar-refractivity contribution in [1.82, 2.24) is 10.6 Å². The van der Waals surface area contributed by atoms with Gasteiger partial charge in [-0.15, -0.1) is 0 Å². The van der Waals surface area contributed by atoms with Crippen molar-refractivity contribution in [3.8, 4) is 11.5 Å². The molecule has 0 spiro atoms. The smallest absolute Gasteiger partial charge is 0.233 e. The van der Waals surface area contributed by atoms with Gasteiger partial charge in [-0.2, -0.15) is 0 Å². The van der Waals surface area contributed by atoms with Gasteiger partial charge in [0, 0.05) is 6.54 Å². The van der Waals surface area contributed by atoms with E-state index in [1.807, 2.05) is 24.3 Å². The molecule has 2 N–H and O–H groups in total. The van der Waals surface area contributed by atoms with Crippen LogP contribution in [0.25, 0.3) is 0 Å². The van der Waals surface area contributed by atoms with Crippen LogP contribution in [0.2, 0.25) is 0 Å². The van der Waals surface area contributed by atoms with Crippen LogP contribution in [-0.4, -0.2) is 25.0 Å². The van der Waals surface area contributed by atoms with Crippen molar-refractivity contribution in [2.24, 2.45) is 5.92 Å². The molecule has 2 atom stereocenters. The van der Waals surface area contributed by atoms with Crippen molar-refractivity contribution >= 4 is 11.8 Å². The summed E-state index contributed by atoms with van der Waals surface area (Å²) in [5.41, 5.74) is 0.896. The molecular formula is C19H20N2O5. The molecule has 2 aliphatic rings. The summed E-state index contributed by atoms with van der Waals surface area (Å²) in [5.74, 6) is 0.890. The number of furan rings is 1. The molecule has 2 aliphatic heterocycles. The molecule has 2 aromatic rings. The zero-order chi connectivity index (χ0) is 17.9. The van der Waals surface area contributed by atoms with Gasteiger partial charge in [0.05, 0.1) is 12.3 Å². The second-order valence-corrected chi connectivity index (χ2v) is 6.40. The van der Waals surface area contributed by atoms with Crippen LogP contribution >= 0.6 is 0 Å². The summed E-state index contributed by atoms with van der Waals surface area (Å²) in [4.78, 5) is 24.7. The lowest BCUT2D eigenvalue weighted by atomic mass is 9.92. The number of fused-ring (bicyclic) bond motifs is 1. The predicted molar refractivity (Wildman–Crippen MR) is 91.6 cm³/mol. The standard InChI is InChI=1S/C19H20N2O5/c22-18(13-4-5-14(21-19(13)23)15-2-1-7-24-15)20-11-12-3-6-16-17(10-12)26-9-8-25-16/h1-3,6-7,10,13-14H,4-5,8-9,11H2,(H,20,22)(H,21,23). The van der Waals surface area contributed by atoms with Gasteiger partial charge in [0.15, 0.2) is 11.5 Å². The van der Waals surface area contributed by atoms with Crippen molar-refractivity contribution in [2.75, 3.05) is 13.2 Å². The number of rotatable bonds is 4. The molecule has 1 saturated heterocycles. The minimum atomic E-state index is -0.682. The summed E-state index contributed by atoms with van der Waals surface area (Å²) in [6.45, 7) is 1.39. The summed E-state index contributed by atoms with van der Waals surface area (Å²) in [6.07, 6.45) is 2.74. The predicted octanol–water partition coefficient (Wildman–Crippen LogP) is 1.93.